The van der Waals surface area contributed by atoms with Crippen LogP contribution in [-0.4, -0.2) is 0 Å². The zero-order valence-electron chi connectivity index (χ0n) is 5.98. The van der Waals surface area contributed by atoms with Crippen molar-refractivity contribution in [3.05, 3.63) is 21.3 Å². The molecule has 0 fully saturated rings. The Balaban J connectivity index is 2.49. The largest absolute Gasteiger partial charge is 0.138 e. The Morgan fingerprint density at radius 2 is 2.50 bits per heavy atom. The fourth-order valence-corrected chi connectivity index (χ4v) is 1.84. The highest BCUT2D eigenvalue weighted by Crippen LogP contribution is 2.22. The summed E-state index contributed by atoms with van der Waals surface area (Å²) in [5.41, 5.74) is 0. The molecular formula is C8H10ClS. The lowest BCUT2D eigenvalue weighted by Crippen LogP contribution is -1.78. The van der Waals surface area contributed by atoms with Gasteiger partial charge in [-0.3, -0.25) is 0 Å². The molecule has 0 bridgehead atoms. The van der Waals surface area contributed by atoms with E-state index in [1.165, 1.54) is 17.7 Å². The molecule has 0 nitrogen and oxygen atoms in total. The van der Waals surface area contributed by atoms with Gasteiger partial charge in [-0.05, 0) is 18.9 Å². The predicted molar refractivity (Wildman–Crippen MR) is 46.8 cm³/mol. The van der Waals surface area contributed by atoms with Crippen molar-refractivity contribution in [2.45, 2.75) is 26.2 Å². The molecular weight excluding hydrogens is 164 g/mol. The van der Waals surface area contributed by atoms with Crippen molar-refractivity contribution in [3.63, 3.8) is 0 Å². The van der Waals surface area contributed by atoms with E-state index < -0.39 is 0 Å². The normalized spacial score (nSPS) is 10.2. The lowest BCUT2D eigenvalue weighted by Gasteiger charge is -1.93. The molecule has 0 aliphatic carbocycles. The van der Waals surface area contributed by atoms with Crippen LogP contribution in [0.25, 0.3) is 0 Å². The van der Waals surface area contributed by atoms with Gasteiger partial charge in [0.25, 0.3) is 0 Å². The van der Waals surface area contributed by atoms with Crippen LogP contribution in [0.3, 0.4) is 0 Å². The fraction of sp³-hybridized carbons (Fsp3) is 0.500. The van der Waals surface area contributed by atoms with Crippen LogP contribution in [0.2, 0.25) is 5.02 Å². The molecule has 0 N–H and O–H groups in total. The highest BCUT2D eigenvalue weighted by molar-refractivity contribution is 7.10. The van der Waals surface area contributed by atoms with Crippen LogP contribution in [0.15, 0.2) is 6.07 Å². The molecule has 2 heteroatoms. The SMILES string of the molecule is CCCCc1s[c]cc1Cl. The Labute approximate surface area is 70.8 Å². The van der Waals surface area contributed by atoms with Gasteiger partial charge < -0.3 is 0 Å². The minimum atomic E-state index is 0.887. The summed E-state index contributed by atoms with van der Waals surface area (Å²) < 4.78 is 0. The van der Waals surface area contributed by atoms with Crippen LogP contribution in [0.5, 0.6) is 0 Å². The first-order valence-corrected chi connectivity index (χ1v) is 4.68. The lowest BCUT2D eigenvalue weighted by atomic mass is 10.2. The average molecular weight is 174 g/mol. The van der Waals surface area contributed by atoms with Crippen molar-refractivity contribution >= 4 is 22.9 Å². The molecule has 1 radical (unpaired) electrons. The van der Waals surface area contributed by atoms with Gasteiger partial charge in [0.05, 0.1) is 5.02 Å². The molecule has 1 heterocycles. The van der Waals surface area contributed by atoms with Gasteiger partial charge >= 0.3 is 0 Å². The van der Waals surface area contributed by atoms with Crippen LogP contribution in [0, 0.1) is 5.38 Å². The fourth-order valence-electron chi connectivity index (χ4n) is 0.789. The number of halogens is 1. The molecule has 0 atom stereocenters. The monoisotopic (exact) mass is 173 g/mol. The van der Waals surface area contributed by atoms with Gasteiger partial charge in [0, 0.05) is 10.3 Å². The second-order valence-electron chi connectivity index (χ2n) is 2.24. The zero-order chi connectivity index (χ0) is 7.40. The van der Waals surface area contributed by atoms with Crippen LogP contribution in [0.4, 0.5) is 0 Å². The van der Waals surface area contributed by atoms with Crippen molar-refractivity contribution in [1.29, 1.82) is 0 Å². The van der Waals surface area contributed by atoms with E-state index in [2.05, 4.69) is 12.3 Å². The number of hydrogen-bond acceptors (Lipinski definition) is 1. The highest BCUT2D eigenvalue weighted by atomic mass is 35.5. The summed E-state index contributed by atoms with van der Waals surface area (Å²) in [5, 5.41) is 3.90. The molecule has 0 spiro atoms. The topological polar surface area (TPSA) is 0 Å². The van der Waals surface area contributed by atoms with E-state index in [0.29, 0.717) is 0 Å². The minimum Gasteiger partial charge on any atom is -0.138 e. The van der Waals surface area contributed by atoms with Gasteiger partial charge in [-0.25, -0.2) is 0 Å². The quantitative estimate of drug-likeness (QED) is 0.656. The maximum absolute atomic E-state index is 5.85. The molecule has 0 aliphatic heterocycles. The molecule has 1 rings (SSSR count). The van der Waals surface area contributed by atoms with E-state index in [0.717, 1.165) is 11.4 Å². The molecule has 10 heavy (non-hydrogen) atoms. The molecule has 0 unspecified atom stereocenters. The average Bonchev–Trinajstić information content (AvgIpc) is 2.31. The highest BCUT2D eigenvalue weighted by Gasteiger charge is 1.99. The zero-order valence-corrected chi connectivity index (χ0v) is 7.56. The van der Waals surface area contributed by atoms with Gasteiger partial charge in [-0.1, -0.05) is 24.9 Å². The maximum Gasteiger partial charge on any atom is 0.0551 e. The first kappa shape index (κ1) is 8.09. The van der Waals surface area contributed by atoms with Gasteiger partial charge in [0.15, 0.2) is 0 Å². The summed E-state index contributed by atoms with van der Waals surface area (Å²) in [6.45, 7) is 2.19. The first-order valence-electron chi connectivity index (χ1n) is 3.49. The van der Waals surface area contributed by atoms with Crippen molar-refractivity contribution in [1.82, 2.24) is 0 Å². The third-order valence-corrected chi connectivity index (χ3v) is 2.75. The Morgan fingerprint density at radius 3 is 3.00 bits per heavy atom. The number of unbranched alkanes of at least 4 members (excludes halogenated alkanes) is 1. The molecule has 0 aromatic carbocycles. The number of aryl methyl sites for hydroxylation is 1. The summed E-state index contributed by atoms with van der Waals surface area (Å²) in [4.78, 5) is 1.28. The molecule has 0 aliphatic rings. The van der Waals surface area contributed by atoms with Gasteiger partial charge in [-0.15, -0.1) is 11.3 Å². The van der Waals surface area contributed by atoms with Crippen LogP contribution in [0.1, 0.15) is 24.6 Å². The lowest BCUT2D eigenvalue weighted by molar-refractivity contribution is 0.804. The Hall–Kier alpha value is -0.0100. The molecule has 0 saturated carbocycles. The van der Waals surface area contributed by atoms with Crippen molar-refractivity contribution in [3.8, 4) is 0 Å². The Kier molecular flexibility index (Phi) is 3.23. The van der Waals surface area contributed by atoms with Crippen LogP contribution >= 0.6 is 22.9 Å². The summed E-state index contributed by atoms with van der Waals surface area (Å²) in [6.07, 6.45) is 3.58. The van der Waals surface area contributed by atoms with Crippen LogP contribution < -0.4 is 0 Å². The summed E-state index contributed by atoms with van der Waals surface area (Å²) >= 11 is 7.49. The van der Waals surface area contributed by atoms with E-state index in [9.17, 15) is 0 Å². The Bertz CT molecular complexity index is 193. The third kappa shape index (κ3) is 1.99. The van der Waals surface area contributed by atoms with Crippen LogP contribution in [-0.2, 0) is 6.42 Å². The van der Waals surface area contributed by atoms with Gasteiger partial charge in [-0.2, -0.15) is 0 Å². The summed E-state index contributed by atoms with van der Waals surface area (Å²) in [5.74, 6) is 0. The number of thiophene rings is 1. The standard InChI is InChI=1S/C8H10ClS/c1-2-3-4-8-7(9)5-6-10-8/h5H,2-4H2,1H3. The van der Waals surface area contributed by atoms with E-state index in [-0.39, 0.29) is 0 Å². The minimum absolute atomic E-state index is 0.887. The second kappa shape index (κ2) is 3.99. The second-order valence-corrected chi connectivity index (χ2v) is 3.58. The molecule has 55 valence electrons. The van der Waals surface area contributed by atoms with Crippen molar-refractivity contribution < 1.29 is 0 Å². The number of hydrogen-bond donors (Lipinski definition) is 0. The van der Waals surface area contributed by atoms with E-state index in [4.69, 9.17) is 11.6 Å². The van der Waals surface area contributed by atoms with E-state index in [1.807, 2.05) is 6.07 Å². The van der Waals surface area contributed by atoms with Crippen molar-refractivity contribution in [2.24, 2.45) is 0 Å². The summed E-state index contributed by atoms with van der Waals surface area (Å²) in [6, 6.07) is 1.84. The van der Waals surface area contributed by atoms with Crippen molar-refractivity contribution in [2.75, 3.05) is 0 Å². The predicted octanol–water partition coefficient (Wildman–Crippen LogP) is 3.54. The van der Waals surface area contributed by atoms with Gasteiger partial charge in [0.2, 0.25) is 0 Å². The summed E-state index contributed by atoms with van der Waals surface area (Å²) in [7, 11) is 0. The van der Waals surface area contributed by atoms with E-state index in [1.54, 1.807) is 11.3 Å². The molecule has 0 saturated heterocycles. The Morgan fingerprint density at radius 1 is 1.70 bits per heavy atom. The van der Waals surface area contributed by atoms with E-state index >= 15 is 0 Å². The third-order valence-electron chi connectivity index (χ3n) is 1.39. The molecule has 1 aromatic rings. The molecule has 0 amide bonds. The van der Waals surface area contributed by atoms with Gasteiger partial charge in [0.1, 0.15) is 0 Å². The number of rotatable bonds is 3. The smallest absolute Gasteiger partial charge is 0.0551 e. The maximum atomic E-state index is 5.85. The molecule has 1 aromatic heterocycles. The first-order chi connectivity index (χ1) is 4.84.